The molecule has 0 aromatic rings. The SMILES string of the molecule is CN1C(=O)CC[C@]2(C)C3=CC[C@H](C(F)(F)F)C(C(=O)O)C3CC=C12. The first-order valence-electron chi connectivity index (χ1n) is 8.04. The Morgan fingerprint density at radius 1 is 1.33 bits per heavy atom. The molecule has 2 unspecified atom stereocenters. The molecule has 1 N–H and O–H groups in total. The number of fused-ring (bicyclic) bond motifs is 3. The number of carbonyl (C=O) groups excluding carboxylic acids is 1. The predicted molar refractivity (Wildman–Crippen MR) is 79.7 cm³/mol. The summed E-state index contributed by atoms with van der Waals surface area (Å²) in [7, 11) is 1.67. The normalized spacial score (nSPS) is 36.5. The van der Waals surface area contributed by atoms with Crippen molar-refractivity contribution < 1.29 is 27.9 Å². The number of rotatable bonds is 1. The zero-order valence-electron chi connectivity index (χ0n) is 13.6. The maximum atomic E-state index is 13.3. The summed E-state index contributed by atoms with van der Waals surface area (Å²) in [5.41, 5.74) is 0.985. The number of piperidine rings is 1. The topological polar surface area (TPSA) is 57.6 Å². The van der Waals surface area contributed by atoms with E-state index in [2.05, 4.69) is 0 Å². The Bertz CT molecular complexity index is 652. The van der Waals surface area contributed by atoms with Crippen LogP contribution in [0.15, 0.2) is 23.4 Å². The van der Waals surface area contributed by atoms with E-state index in [4.69, 9.17) is 0 Å². The molecule has 0 aromatic heterocycles. The molecule has 0 radical (unpaired) electrons. The fourth-order valence-corrected chi connectivity index (χ4v) is 4.67. The summed E-state index contributed by atoms with van der Waals surface area (Å²) in [4.78, 5) is 25.1. The van der Waals surface area contributed by atoms with E-state index < -0.39 is 35.3 Å². The van der Waals surface area contributed by atoms with Crippen LogP contribution in [0.3, 0.4) is 0 Å². The Kier molecular flexibility index (Phi) is 3.81. The lowest BCUT2D eigenvalue weighted by molar-refractivity contribution is -0.202. The van der Waals surface area contributed by atoms with Crippen molar-refractivity contribution in [2.24, 2.45) is 23.2 Å². The van der Waals surface area contributed by atoms with E-state index in [0.29, 0.717) is 12.8 Å². The second-order valence-corrected chi connectivity index (χ2v) is 7.12. The van der Waals surface area contributed by atoms with Gasteiger partial charge in [-0.1, -0.05) is 24.6 Å². The van der Waals surface area contributed by atoms with Gasteiger partial charge in [0.1, 0.15) is 0 Å². The van der Waals surface area contributed by atoms with Crippen LogP contribution in [0.4, 0.5) is 13.2 Å². The van der Waals surface area contributed by atoms with Gasteiger partial charge in [0.25, 0.3) is 0 Å². The van der Waals surface area contributed by atoms with Crippen molar-refractivity contribution in [3.63, 3.8) is 0 Å². The third-order valence-corrected chi connectivity index (χ3v) is 5.91. The smallest absolute Gasteiger partial charge is 0.392 e. The van der Waals surface area contributed by atoms with Crippen LogP contribution in [0.2, 0.25) is 0 Å². The van der Waals surface area contributed by atoms with E-state index in [9.17, 15) is 27.9 Å². The molecule has 1 amide bonds. The van der Waals surface area contributed by atoms with Crippen molar-refractivity contribution in [3.05, 3.63) is 23.4 Å². The minimum atomic E-state index is -4.53. The molecule has 1 heterocycles. The van der Waals surface area contributed by atoms with Gasteiger partial charge in [-0.3, -0.25) is 9.59 Å². The number of carbonyl (C=O) groups is 2. The molecule has 0 aromatic carbocycles. The molecule has 4 nitrogen and oxygen atoms in total. The first-order chi connectivity index (χ1) is 11.1. The van der Waals surface area contributed by atoms with Crippen LogP contribution in [0.25, 0.3) is 0 Å². The molecule has 1 aliphatic heterocycles. The number of carboxylic acids is 1. The van der Waals surface area contributed by atoms with Crippen molar-refractivity contribution in [3.8, 4) is 0 Å². The molecular formula is C17H20F3NO3. The summed E-state index contributed by atoms with van der Waals surface area (Å²) >= 11 is 0. The molecule has 2 aliphatic carbocycles. The molecule has 1 saturated heterocycles. The van der Waals surface area contributed by atoms with E-state index in [1.54, 1.807) is 24.1 Å². The summed E-state index contributed by atoms with van der Waals surface area (Å²) in [6.07, 6.45) is -0.463. The van der Waals surface area contributed by atoms with E-state index >= 15 is 0 Å². The lowest BCUT2D eigenvalue weighted by Gasteiger charge is -2.51. The molecule has 132 valence electrons. The number of likely N-dealkylation sites (tertiary alicyclic amines) is 1. The van der Waals surface area contributed by atoms with Gasteiger partial charge >= 0.3 is 12.1 Å². The fourth-order valence-electron chi connectivity index (χ4n) is 4.67. The van der Waals surface area contributed by atoms with Crippen LogP contribution in [0, 0.1) is 23.2 Å². The minimum Gasteiger partial charge on any atom is -0.481 e. The number of aliphatic carboxylic acids is 1. The summed E-state index contributed by atoms with van der Waals surface area (Å²) in [6, 6.07) is 0. The third-order valence-electron chi connectivity index (χ3n) is 5.91. The van der Waals surface area contributed by atoms with Gasteiger partial charge < -0.3 is 10.0 Å². The van der Waals surface area contributed by atoms with Crippen LogP contribution < -0.4 is 0 Å². The van der Waals surface area contributed by atoms with Crippen molar-refractivity contribution in [2.45, 2.75) is 38.8 Å². The minimum absolute atomic E-state index is 0.0171. The van der Waals surface area contributed by atoms with E-state index in [0.717, 1.165) is 11.3 Å². The van der Waals surface area contributed by atoms with Gasteiger partial charge in [0.05, 0.1) is 11.8 Å². The number of hydrogen-bond donors (Lipinski definition) is 1. The second kappa shape index (κ2) is 5.36. The summed E-state index contributed by atoms with van der Waals surface area (Å²) < 4.78 is 39.9. The average molecular weight is 343 g/mol. The molecule has 1 fully saturated rings. The van der Waals surface area contributed by atoms with Crippen LogP contribution in [0.5, 0.6) is 0 Å². The van der Waals surface area contributed by atoms with Gasteiger partial charge in [-0.2, -0.15) is 13.2 Å². The van der Waals surface area contributed by atoms with Crippen LogP contribution in [-0.4, -0.2) is 35.1 Å². The summed E-state index contributed by atoms with van der Waals surface area (Å²) in [5, 5.41) is 9.47. The summed E-state index contributed by atoms with van der Waals surface area (Å²) in [6.45, 7) is 1.91. The van der Waals surface area contributed by atoms with Gasteiger partial charge in [0.2, 0.25) is 5.91 Å². The highest BCUT2D eigenvalue weighted by Crippen LogP contribution is 2.57. The number of halogens is 3. The first kappa shape index (κ1) is 17.0. The molecule has 24 heavy (non-hydrogen) atoms. The predicted octanol–water partition coefficient (Wildman–Crippen LogP) is 3.36. The van der Waals surface area contributed by atoms with Crippen LogP contribution >= 0.6 is 0 Å². The lowest BCUT2D eigenvalue weighted by atomic mass is 9.57. The fraction of sp³-hybridized carbons (Fsp3) is 0.647. The van der Waals surface area contributed by atoms with Crippen molar-refractivity contribution >= 4 is 11.9 Å². The Labute approximate surface area is 138 Å². The maximum absolute atomic E-state index is 13.3. The lowest BCUT2D eigenvalue weighted by Crippen LogP contribution is -2.50. The third kappa shape index (κ3) is 2.36. The number of carboxylic acid groups (broad SMARTS) is 1. The highest BCUT2D eigenvalue weighted by Gasteiger charge is 2.56. The highest BCUT2D eigenvalue weighted by atomic mass is 19.4. The number of nitrogens with zero attached hydrogens (tertiary/aromatic N) is 1. The van der Waals surface area contributed by atoms with Gasteiger partial charge in [-0.15, -0.1) is 0 Å². The zero-order chi connectivity index (χ0) is 17.9. The molecule has 0 spiro atoms. The Morgan fingerprint density at radius 2 is 2.00 bits per heavy atom. The average Bonchev–Trinajstić information content (AvgIpc) is 2.49. The van der Waals surface area contributed by atoms with Crippen molar-refractivity contribution in [2.75, 3.05) is 7.05 Å². The van der Waals surface area contributed by atoms with E-state index in [1.165, 1.54) is 0 Å². The van der Waals surface area contributed by atoms with Crippen LogP contribution in [0.1, 0.15) is 32.6 Å². The van der Waals surface area contributed by atoms with Crippen molar-refractivity contribution in [1.82, 2.24) is 4.90 Å². The zero-order valence-corrected chi connectivity index (χ0v) is 13.6. The molecule has 4 atom stereocenters. The Hall–Kier alpha value is -1.79. The monoisotopic (exact) mass is 343 g/mol. The summed E-state index contributed by atoms with van der Waals surface area (Å²) in [5.74, 6) is -5.41. The first-order valence-corrected chi connectivity index (χ1v) is 8.04. The quantitative estimate of drug-likeness (QED) is 0.743. The van der Waals surface area contributed by atoms with Crippen LogP contribution in [-0.2, 0) is 9.59 Å². The molecule has 3 rings (SSSR count). The Balaban J connectivity index is 2.06. The molecule has 0 bridgehead atoms. The van der Waals surface area contributed by atoms with Gasteiger partial charge in [-0.05, 0) is 25.2 Å². The van der Waals surface area contributed by atoms with Crippen molar-refractivity contribution in [1.29, 1.82) is 0 Å². The van der Waals surface area contributed by atoms with E-state index in [1.807, 2.05) is 6.92 Å². The molecule has 3 aliphatic rings. The van der Waals surface area contributed by atoms with Gasteiger partial charge in [0, 0.05) is 24.6 Å². The maximum Gasteiger partial charge on any atom is 0.392 e. The van der Waals surface area contributed by atoms with Gasteiger partial charge in [0.15, 0.2) is 0 Å². The van der Waals surface area contributed by atoms with Gasteiger partial charge in [-0.25, -0.2) is 0 Å². The largest absolute Gasteiger partial charge is 0.481 e. The molecule has 0 saturated carbocycles. The molecule has 7 heteroatoms. The standard InChI is InChI=1S/C17H20F3NO3/c1-16-8-7-13(22)21(2)12(16)6-3-9-10(16)4-5-11(17(18,19)20)14(9)15(23)24/h4,6,9,11,14H,3,5,7-8H2,1-2H3,(H,23,24)/t9?,11-,14?,16+/m0/s1. The van der Waals surface area contributed by atoms with E-state index in [-0.39, 0.29) is 18.7 Å². The number of hydrogen-bond acceptors (Lipinski definition) is 2. The Morgan fingerprint density at radius 3 is 2.58 bits per heavy atom. The number of allylic oxidation sites excluding steroid dienone is 3. The highest BCUT2D eigenvalue weighted by molar-refractivity contribution is 5.80. The second-order valence-electron chi connectivity index (χ2n) is 7.12. The number of alkyl halides is 3. The number of amides is 1. The molecular weight excluding hydrogens is 323 g/mol.